The zero-order chi connectivity index (χ0) is 11.6. The highest BCUT2D eigenvalue weighted by atomic mass is 19.3. The van der Waals surface area contributed by atoms with Gasteiger partial charge in [-0.3, -0.25) is 9.78 Å². The maximum absolute atomic E-state index is 13.3. The van der Waals surface area contributed by atoms with Crippen LogP contribution in [0.3, 0.4) is 0 Å². The summed E-state index contributed by atoms with van der Waals surface area (Å²) in [5, 5.41) is 17.5. The molecule has 0 aliphatic heterocycles. The summed E-state index contributed by atoms with van der Waals surface area (Å²) in [6, 6.07) is 2.09. The molecule has 80 valence electrons. The number of nitrogens with zero attached hydrogens (tertiary/aromatic N) is 1. The van der Waals surface area contributed by atoms with E-state index in [9.17, 15) is 13.6 Å². The van der Waals surface area contributed by atoms with Gasteiger partial charge in [0.2, 0.25) is 0 Å². The van der Waals surface area contributed by atoms with E-state index in [0.717, 1.165) is 0 Å². The lowest BCUT2D eigenvalue weighted by molar-refractivity contribution is -0.00896. The van der Waals surface area contributed by atoms with Gasteiger partial charge in [-0.15, -0.1) is 0 Å². The molecule has 0 aromatic carbocycles. The number of halogens is 2. The van der Waals surface area contributed by atoms with Gasteiger partial charge in [0.15, 0.2) is 5.88 Å². The molecule has 0 spiro atoms. The molecule has 1 rings (SSSR count). The summed E-state index contributed by atoms with van der Waals surface area (Å²) in [5.74, 6) is -3.97. The lowest BCUT2D eigenvalue weighted by Gasteiger charge is -2.15. The molecule has 0 fully saturated rings. The highest BCUT2D eigenvalue weighted by molar-refractivity contribution is 5.40. The van der Waals surface area contributed by atoms with Crippen LogP contribution in [0, 0.1) is 11.3 Å². The summed E-state index contributed by atoms with van der Waals surface area (Å²) >= 11 is 0. The van der Waals surface area contributed by atoms with Crippen molar-refractivity contribution < 1.29 is 13.9 Å². The Balaban J connectivity index is 3.55. The lowest BCUT2D eigenvalue weighted by Crippen LogP contribution is -2.21. The van der Waals surface area contributed by atoms with Crippen molar-refractivity contribution in [2.75, 3.05) is 0 Å². The second kappa shape index (κ2) is 3.69. The maximum atomic E-state index is 13.3. The van der Waals surface area contributed by atoms with E-state index in [4.69, 9.17) is 10.4 Å². The van der Waals surface area contributed by atoms with Gasteiger partial charge in [-0.1, -0.05) is 6.92 Å². The Bertz CT molecular complexity index is 474. The minimum absolute atomic E-state index is 0.551. The molecule has 0 saturated heterocycles. The zero-order valence-corrected chi connectivity index (χ0v) is 7.84. The van der Waals surface area contributed by atoms with Crippen molar-refractivity contribution in [2.45, 2.75) is 19.3 Å². The number of hydrogen-bond acceptors (Lipinski definition) is 3. The van der Waals surface area contributed by atoms with Gasteiger partial charge >= 0.3 is 0 Å². The van der Waals surface area contributed by atoms with Crippen LogP contribution in [0.5, 0.6) is 5.88 Å². The Kier molecular flexibility index (Phi) is 2.75. The molecule has 0 bridgehead atoms. The Morgan fingerprint density at radius 2 is 2.27 bits per heavy atom. The topological polar surface area (TPSA) is 76.9 Å². The van der Waals surface area contributed by atoms with E-state index in [0.29, 0.717) is 6.07 Å². The van der Waals surface area contributed by atoms with E-state index in [-0.39, 0.29) is 0 Å². The van der Waals surface area contributed by atoms with Crippen molar-refractivity contribution in [1.29, 1.82) is 5.26 Å². The van der Waals surface area contributed by atoms with Gasteiger partial charge in [0.1, 0.15) is 11.6 Å². The SMILES string of the molecule is CCC(F)(F)c1cc(O)[nH]c(=O)c1C#N. The fourth-order valence-corrected chi connectivity index (χ4v) is 1.14. The molecule has 1 aromatic heterocycles. The number of nitrogens with one attached hydrogen (secondary N) is 1. The van der Waals surface area contributed by atoms with Crippen molar-refractivity contribution in [1.82, 2.24) is 4.98 Å². The number of aromatic amines is 1. The molecule has 0 radical (unpaired) electrons. The van der Waals surface area contributed by atoms with Crippen LogP contribution in [0.1, 0.15) is 24.5 Å². The molecule has 4 nitrogen and oxygen atoms in total. The van der Waals surface area contributed by atoms with Crippen molar-refractivity contribution >= 4 is 0 Å². The van der Waals surface area contributed by atoms with Gasteiger partial charge in [0.05, 0.1) is 0 Å². The number of nitriles is 1. The van der Waals surface area contributed by atoms with Gasteiger partial charge in [-0.2, -0.15) is 5.26 Å². The minimum atomic E-state index is -3.29. The van der Waals surface area contributed by atoms with E-state index in [2.05, 4.69) is 0 Å². The Labute approximate surface area is 83.8 Å². The standard InChI is InChI=1S/C9H8F2N2O2/c1-2-9(10,11)6-3-7(14)13-8(15)5(6)4-12/h3H,2H2,1H3,(H2,13,14,15). The van der Waals surface area contributed by atoms with Gasteiger partial charge in [-0.05, 0) is 0 Å². The third kappa shape index (κ3) is 1.96. The van der Waals surface area contributed by atoms with Crippen molar-refractivity contribution in [3.05, 3.63) is 27.5 Å². The number of alkyl halides is 2. The first-order valence-corrected chi connectivity index (χ1v) is 4.17. The number of H-pyrrole nitrogens is 1. The highest BCUT2D eigenvalue weighted by Crippen LogP contribution is 2.33. The first-order chi connectivity index (χ1) is 6.92. The molecule has 1 heterocycles. The van der Waals surface area contributed by atoms with Crippen LogP contribution in [-0.4, -0.2) is 10.1 Å². The maximum Gasteiger partial charge on any atom is 0.274 e. The number of hydrogen-bond donors (Lipinski definition) is 2. The number of pyridine rings is 1. The van der Waals surface area contributed by atoms with E-state index >= 15 is 0 Å². The second-order valence-electron chi connectivity index (χ2n) is 2.94. The summed E-state index contributed by atoms with van der Waals surface area (Å²) in [5.41, 5.74) is -2.42. The van der Waals surface area contributed by atoms with Crippen molar-refractivity contribution in [3.8, 4) is 11.9 Å². The summed E-state index contributed by atoms with van der Waals surface area (Å²) in [6.07, 6.45) is -0.551. The third-order valence-electron chi connectivity index (χ3n) is 1.97. The molecular weight excluding hydrogens is 206 g/mol. The minimum Gasteiger partial charge on any atom is -0.494 e. The highest BCUT2D eigenvalue weighted by Gasteiger charge is 2.33. The molecule has 0 saturated carbocycles. The van der Waals surface area contributed by atoms with Gasteiger partial charge in [0, 0.05) is 18.1 Å². The molecule has 0 unspecified atom stereocenters. The normalized spacial score (nSPS) is 11.1. The largest absolute Gasteiger partial charge is 0.494 e. The van der Waals surface area contributed by atoms with Crippen LogP contribution in [0.4, 0.5) is 8.78 Å². The molecule has 0 aliphatic rings. The first kappa shape index (κ1) is 11.2. The van der Waals surface area contributed by atoms with Crippen LogP contribution < -0.4 is 5.56 Å². The van der Waals surface area contributed by atoms with Gasteiger partial charge in [-0.25, -0.2) is 8.78 Å². The number of rotatable bonds is 2. The average molecular weight is 214 g/mol. The van der Waals surface area contributed by atoms with Gasteiger partial charge in [0.25, 0.3) is 11.5 Å². The van der Waals surface area contributed by atoms with E-state index in [1.165, 1.54) is 13.0 Å². The third-order valence-corrected chi connectivity index (χ3v) is 1.97. The van der Waals surface area contributed by atoms with Crippen LogP contribution in [0.15, 0.2) is 10.9 Å². The Morgan fingerprint density at radius 1 is 1.67 bits per heavy atom. The fourth-order valence-electron chi connectivity index (χ4n) is 1.14. The number of aromatic hydroxyl groups is 1. The molecular formula is C9H8F2N2O2. The average Bonchev–Trinajstić information content (AvgIpc) is 2.16. The van der Waals surface area contributed by atoms with Crippen LogP contribution in [0.2, 0.25) is 0 Å². The molecule has 1 aromatic rings. The second-order valence-corrected chi connectivity index (χ2v) is 2.94. The van der Waals surface area contributed by atoms with Crippen LogP contribution in [0.25, 0.3) is 0 Å². The van der Waals surface area contributed by atoms with Gasteiger partial charge < -0.3 is 5.11 Å². The Hall–Kier alpha value is -1.90. The molecule has 0 amide bonds. The van der Waals surface area contributed by atoms with E-state index in [1.807, 2.05) is 4.98 Å². The summed E-state index contributed by atoms with van der Waals surface area (Å²) < 4.78 is 26.6. The quantitative estimate of drug-likeness (QED) is 0.782. The first-order valence-electron chi connectivity index (χ1n) is 4.17. The van der Waals surface area contributed by atoms with Crippen molar-refractivity contribution in [2.24, 2.45) is 0 Å². The monoisotopic (exact) mass is 214 g/mol. The molecule has 6 heteroatoms. The fraction of sp³-hybridized carbons (Fsp3) is 0.333. The van der Waals surface area contributed by atoms with E-state index < -0.39 is 34.9 Å². The summed E-state index contributed by atoms with van der Waals surface area (Å²) in [6.45, 7) is 1.22. The van der Waals surface area contributed by atoms with Crippen molar-refractivity contribution in [3.63, 3.8) is 0 Å². The van der Waals surface area contributed by atoms with E-state index in [1.54, 1.807) is 0 Å². The summed E-state index contributed by atoms with van der Waals surface area (Å²) in [7, 11) is 0. The molecule has 0 atom stereocenters. The molecule has 2 N–H and O–H groups in total. The smallest absolute Gasteiger partial charge is 0.274 e. The lowest BCUT2D eigenvalue weighted by atomic mass is 10.0. The number of aromatic nitrogens is 1. The Morgan fingerprint density at radius 3 is 2.73 bits per heavy atom. The predicted octanol–water partition coefficient (Wildman–Crippen LogP) is 1.45. The predicted molar refractivity (Wildman–Crippen MR) is 47.6 cm³/mol. The van der Waals surface area contributed by atoms with Crippen LogP contribution >= 0.6 is 0 Å². The summed E-state index contributed by atoms with van der Waals surface area (Å²) in [4.78, 5) is 13.0. The zero-order valence-electron chi connectivity index (χ0n) is 7.84. The molecule has 0 aliphatic carbocycles. The molecule has 15 heavy (non-hydrogen) atoms. The van der Waals surface area contributed by atoms with Crippen LogP contribution in [-0.2, 0) is 5.92 Å².